The number of aromatic nitrogens is 4. The van der Waals surface area contributed by atoms with Crippen molar-refractivity contribution in [1.29, 1.82) is 0 Å². The number of benzene rings is 1. The third kappa shape index (κ3) is 7.73. The number of aliphatic hydroxyl groups is 1. The van der Waals surface area contributed by atoms with Gasteiger partial charge in [-0.05, 0) is 42.8 Å². The van der Waals surface area contributed by atoms with Crippen LogP contribution in [-0.2, 0) is 17.9 Å². The van der Waals surface area contributed by atoms with Gasteiger partial charge in [-0.2, -0.15) is 4.80 Å². The third-order valence-electron chi connectivity index (χ3n) is 3.96. The van der Waals surface area contributed by atoms with Gasteiger partial charge >= 0.3 is 0 Å². The smallest absolute Gasteiger partial charge is 0.224 e. The number of hydrogen-bond acceptors (Lipinski definition) is 8. The van der Waals surface area contributed by atoms with Crippen LogP contribution in [0.25, 0.3) is 0 Å². The van der Waals surface area contributed by atoms with Crippen molar-refractivity contribution in [2.24, 2.45) is 4.99 Å². The monoisotopic (exact) mass is 439 g/mol. The minimum absolute atomic E-state index is 0.105. The van der Waals surface area contributed by atoms with Crippen molar-refractivity contribution >= 4 is 36.5 Å². The first-order valence-electron chi connectivity index (χ1n) is 9.20. The quantitative estimate of drug-likeness (QED) is 0.226. The van der Waals surface area contributed by atoms with Crippen LogP contribution in [0.2, 0.25) is 5.02 Å². The van der Waals surface area contributed by atoms with Gasteiger partial charge in [0.1, 0.15) is 6.10 Å². The summed E-state index contributed by atoms with van der Waals surface area (Å²) in [6, 6.07) is 6.88. The van der Waals surface area contributed by atoms with Crippen molar-refractivity contribution in [3.8, 4) is 0 Å². The minimum Gasteiger partial charge on any atom is -0.386 e. The Morgan fingerprint density at radius 3 is 2.79 bits per heavy atom. The molecule has 1 heterocycles. The average molecular weight is 440 g/mol. The number of aliphatic imine (C=N–C) groups is 1. The van der Waals surface area contributed by atoms with Crippen LogP contribution >= 0.6 is 24.2 Å². The molecule has 0 aliphatic carbocycles. The van der Waals surface area contributed by atoms with Gasteiger partial charge in [-0.1, -0.05) is 30.7 Å². The summed E-state index contributed by atoms with van der Waals surface area (Å²) in [5, 5.41) is 26.2. The summed E-state index contributed by atoms with van der Waals surface area (Å²) >= 11 is 10.3. The summed E-state index contributed by atoms with van der Waals surface area (Å²) in [6.45, 7) is 6.25. The molecule has 0 saturated carbocycles. The number of thiol groups is 1. The van der Waals surface area contributed by atoms with E-state index >= 15 is 0 Å². The Morgan fingerprint density at radius 2 is 2.17 bits per heavy atom. The number of hydrogen-bond donors (Lipinski definition) is 3. The molecule has 1 unspecified atom stereocenters. The summed E-state index contributed by atoms with van der Waals surface area (Å²) in [7, 11) is 0. The van der Waals surface area contributed by atoms with E-state index in [1.807, 2.05) is 6.92 Å². The second-order valence-electron chi connectivity index (χ2n) is 6.67. The number of amides is 1. The van der Waals surface area contributed by atoms with E-state index in [2.05, 4.69) is 38.3 Å². The highest BCUT2D eigenvalue weighted by Crippen LogP contribution is 2.17. The number of tetrazole rings is 1. The summed E-state index contributed by atoms with van der Waals surface area (Å²) < 4.78 is 0. The molecule has 0 saturated heterocycles. The van der Waals surface area contributed by atoms with Gasteiger partial charge in [0.15, 0.2) is 10.8 Å². The Labute approximate surface area is 180 Å². The Kier molecular flexibility index (Phi) is 8.57. The Bertz CT molecular complexity index is 826. The van der Waals surface area contributed by atoms with Gasteiger partial charge in [0.25, 0.3) is 0 Å². The van der Waals surface area contributed by atoms with Crippen LogP contribution in [-0.4, -0.2) is 54.0 Å². The number of rotatable bonds is 10. The molecule has 1 aromatic carbocycles. The first-order chi connectivity index (χ1) is 13.7. The molecule has 1 amide bonds. The molecule has 158 valence electrons. The molecule has 29 heavy (non-hydrogen) atoms. The van der Waals surface area contributed by atoms with Crippen LogP contribution in [0.4, 0.5) is 0 Å². The summed E-state index contributed by atoms with van der Waals surface area (Å²) in [4.78, 5) is 18.1. The van der Waals surface area contributed by atoms with Crippen molar-refractivity contribution in [2.75, 3.05) is 6.54 Å². The van der Waals surface area contributed by atoms with Gasteiger partial charge in [-0.3, -0.25) is 15.0 Å². The maximum atomic E-state index is 11.9. The normalized spacial score (nSPS) is 14.7. The van der Waals surface area contributed by atoms with E-state index in [0.29, 0.717) is 16.4 Å². The molecule has 9 nitrogen and oxygen atoms in total. The van der Waals surface area contributed by atoms with E-state index in [1.54, 1.807) is 31.2 Å². The maximum Gasteiger partial charge on any atom is 0.224 e. The van der Waals surface area contributed by atoms with Crippen molar-refractivity contribution in [1.82, 2.24) is 30.4 Å². The van der Waals surface area contributed by atoms with Crippen LogP contribution in [0.5, 0.6) is 0 Å². The molecule has 2 atom stereocenters. The van der Waals surface area contributed by atoms with Gasteiger partial charge in [0, 0.05) is 11.9 Å². The molecule has 0 spiro atoms. The fourth-order valence-corrected chi connectivity index (χ4v) is 2.63. The fraction of sp³-hybridized carbons (Fsp3) is 0.500. The van der Waals surface area contributed by atoms with Crippen LogP contribution in [0.15, 0.2) is 29.3 Å². The van der Waals surface area contributed by atoms with E-state index in [9.17, 15) is 9.90 Å². The lowest BCUT2D eigenvalue weighted by atomic mass is 10.1. The Balaban J connectivity index is 2.00. The zero-order chi connectivity index (χ0) is 21.4. The van der Waals surface area contributed by atoms with Crippen molar-refractivity contribution in [2.45, 2.75) is 51.4 Å². The number of nitrogens with one attached hydrogen (secondary N) is 1. The van der Waals surface area contributed by atoms with E-state index in [0.717, 1.165) is 13.0 Å². The standard InChI is InChI=1S/C18H26ClN7O2S/c1-4-9-20-18(3,29)21-12-25(13(2)27)11-17-22-24-26(23-17)10-16(28)14-5-7-15(19)8-6-14/h5-8,12,16,20,28-29H,4,9-11H2,1-3H3/b21-12-/t16-,18?/m0/s1. The van der Waals surface area contributed by atoms with E-state index in [4.69, 9.17) is 11.6 Å². The molecular weight excluding hydrogens is 414 g/mol. The number of aliphatic hydroxyl groups excluding tert-OH is 1. The molecule has 1 aromatic heterocycles. The van der Waals surface area contributed by atoms with Crippen LogP contribution in [0, 0.1) is 0 Å². The second kappa shape index (κ2) is 10.7. The molecule has 0 aliphatic rings. The number of halogens is 1. The molecular formula is C18H26ClN7O2S. The molecule has 0 radical (unpaired) electrons. The highest BCUT2D eigenvalue weighted by Gasteiger charge is 2.18. The minimum atomic E-state index is -0.811. The number of nitrogens with zero attached hydrogens (tertiary/aromatic N) is 6. The Morgan fingerprint density at radius 1 is 1.48 bits per heavy atom. The van der Waals surface area contributed by atoms with E-state index in [-0.39, 0.29) is 19.0 Å². The van der Waals surface area contributed by atoms with Gasteiger partial charge in [-0.15, -0.1) is 22.8 Å². The molecule has 0 aliphatic heterocycles. The molecule has 2 rings (SSSR count). The highest BCUT2D eigenvalue weighted by atomic mass is 35.5. The van der Waals surface area contributed by atoms with E-state index < -0.39 is 11.1 Å². The van der Waals surface area contributed by atoms with E-state index in [1.165, 1.54) is 23.0 Å². The van der Waals surface area contributed by atoms with Crippen LogP contribution in [0.1, 0.15) is 44.7 Å². The zero-order valence-electron chi connectivity index (χ0n) is 16.7. The largest absolute Gasteiger partial charge is 0.386 e. The predicted molar refractivity (Wildman–Crippen MR) is 115 cm³/mol. The zero-order valence-corrected chi connectivity index (χ0v) is 18.3. The number of carbonyl (C=O) groups is 1. The predicted octanol–water partition coefficient (Wildman–Crippen LogP) is 2.04. The van der Waals surface area contributed by atoms with Crippen LogP contribution < -0.4 is 5.32 Å². The first-order valence-corrected chi connectivity index (χ1v) is 10.0. The molecule has 2 N–H and O–H groups in total. The van der Waals surface area contributed by atoms with Crippen LogP contribution in [0.3, 0.4) is 0 Å². The highest BCUT2D eigenvalue weighted by molar-refractivity contribution is 7.81. The maximum absolute atomic E-state index is 11.9. The molecule has 0 fully saturated rings. The Hall–Kier alpha value is -2.01. The van der Waals surface area contributed by atoms with Crippen molar-refractivity contribution in [3.63, 3.8) is 0 Å². The lowest BCUT2D eigenvalue weighted by molar-refractivity contribution is -0.125. The SMILES string of the molecule is CCCNC(C)(S)/N=C\N(Cc1nnn(C[C@H](O)c2ccc(Cl)cc2)n1)C(C)=O. The van der Waals surface area contributed by atoms with Crippen molar-refractivity contribution < 1.29 is 9.90 Å². The second-order valence-corrected chi connectivity index (χ2v) is 7.97. The molecule has 2 aromatic rings. The first kappa shape index (κ1) is 23.3. The lowest BCUT2D eigenvalue weighted by Gasteiger charge is -2.22. The lowest BCUT2D eigenvalue weighted by Crippen LogP contribution is -2.37. The third-order valence-corrected chi connectivity index (χ3v) is 4.49. The molecule has 0 bridgehead atoms. The number of carbonyl (C=O) groups excluding carboxylic acids is 1. The van der Waals surface area contributed by atoms with Gasteiger partial charge in [-0.25, -0.2) is 4.99 Å². The summed E-state index contributed by atoms with van der Waals surface area (Å²) in [5.41, 5.74) is 0.693. The molecule has 11 heteroatoms. The van der Waals surface area contributed by atoms with Gasteiger partial charge in [0.2, 0.25) is 5.91 Å². The van der Waals surface area contributed by atoms with Gasteiger partial charge in [0.05, 0.1) is 19.4 Å². The average Bonchev–Trinajstić information content (AvgIpc) is 3.10. The fourth-order valence-electron chi connectivity index (χ4n) is 2.34. The van der Waals surface area contributed by atoms with Gasteiger partial charge < -0.3 is 5.11 Å². The summed E-state index contributed by atoms with van der Waals surface area (Å²) in [6.07, 6.45) is 1.55. The van der Waals surface area contributed by atoms with Crippen molar-refractivity contribution in [3.05, 3.63) is 40.7 Å². The topological polar surface area (TPSA) is 109 Å². The summed E-state index contributed by atoms with van der Waals surface area (Å²) in [5.74, 6) is 0.114.